The van der Waals surface area contributed by atoms with Crippen molar-refractivity contribution in [2.45, 2.75) is 52.4 Å². The molecule has 2 aliphatic rings. The summed E-state index contributed by atoms with van der Waals surface area (Å²) in [5.74, 6) is 3.45. The Hall–Kier alpha value is -0.110. The molecule has 2 saturated carbocycles. The minimum absolute atomic E-state index is 0.348. The van der Waals surface area contributed by atoms with Crippen molar-refractivity contribution in [3.8, 4) is 0 Å². The van der Waals surface area contributed by atoms with Gasteiger partial charge in [0.05, 0.1) is 6.61 Å². The van der Waals surface area contributed by atoms with Crippen LogP contribution in [0.2, 0.25) is 0 Å². The first-order chi connectivity index (χ1) is 8.84. The highest BCUT2D eigenvalue weighted by molar-refractivity contribution is 7.56. The molecule has 1 N–H and O–H groups in total. The van der Waals surface area contributed by atoms with Crippen molar-refractivity contribution in [2.75, 3.05) is 6.61 Å². The average molecular weight is 286 g/mol. The molecular formula is C15H27O3P. The Morgan fingerprint density at radius 2 is 1.89 bits per heavy atom. The Morgan fingerprint density at radius 3 is 2.42 bits per heavy atom. The summed E-state index contributed by atoms with van der Waals surface area (Å²) >= 11 is 0. The maximum absolute atomic E-state index is 11.4. The summed E-state index contributed by atoms with van der Waals surface area (Å²) < 4.78 is 16.6. The first kappa shape index (κ1) is 15.3. The second-order valence-corrected chi connectivity index (χ2v) is 8.74. The summed E-state index contributed by atoms with van der Waals surface area (Å²) in [5, 5.41) is 0. The van der Waals surface area contributed by atoms with Gasteiger partial charge in [0.25, 0.3) is 0 Å². The second-order valence-electron chi connectivity index (χ2n) is 6.99. The molecule has 0 aromatic heterocycles. The smallest absolute Gasteiger partial charge is 0.321 e. The molecule has 0 saturated heterocycles. The lowest BCUT2D eigenvalue weighted by atomic mass is 9.56. The molecule has 0 heterocycles. The zero-order chi connectivity index (χ0) is 14.1. The Bertz CT molecular complexity index is 360. The number of hydrogen-bond donors (Lipinski definition) is 1. The van der Waals surface area contributed by atoms with Crippen molar-refractivity contribution in [1.29, 1.82) is 0 Å². The van der Waals surface area contributed by atoms with E-state index in [1.54, 1.807) is 0 Å². The third-order valence-corrected chi connectivity index (χ3v) is 5.91. The van der Waals surface area contributed by atoms with Crippen LogP contribution in [-0.2, 0) is 9.09 Å². The van der Waals surface area contributed by atoms with Crippen LogP contribution in [0.15, 0.2) is 12.4 Å². The normalized spacial score (nSPS) is 41.5. The lowest BCUT2D eigenvalue weighted by Crippen LogP contribution is -2.39. The molecule has 4 heteroatoms. The Labute approximate surface area is 117 Å². The van der Waals surface area contributed by atoms with Gasteiger partial charge in [-0.05, 0) is 61.7 Å². The second kappa shape index (κ2) is 5.71. The molecule has 0 spiro atoms. The quantitative estimate of drug-likeness (QED) is 0.753. The third kappa shape index (κ3) is 3.93. The Balaban J connectivity index is 1.96. The van der Waals surface area contributed by atoms with Gasteiger partial charge in [-0.2, -0.15) is 0 Å². The summed E-state index contributed by atoms with van der Waals surface area (Å²) in [6.07, 6.45) is 7.42. The first-order valence-electron chi connectivity index (χ1n) is 7.45. The highest BCUT2D eigenvalue weighted by atomic mass is 31.2. The van der Waals surface area contributed by atoms with E-state index < -0.39 is 7.60 Å². The van der Waals surface area contributed by atoms with E-state index >= 15 is 0 Å². The van der Waals surface area contributed by atoms with Crippen molar-refractivity contribution in [3.05, 3.63) is 12.4 Å². The fourth-order valence-corrected chi connectivity index (χ4v) is 5.12. The molecule has 2 rings (SSSR count). The van der Waals surface area contributed by atoms with Crippen LogP contribution in [0, 0.1) is 23.2 Å². The minimum atomic E-state index is -3.55. The van der Waals surface area contributed by atoms with Gasteiger partial charge in [0.15, 0.2) is 0 Å². The van der Waals surface area contributed by atoms with Gasteiger partial charge in [-0.1, -0.05) is 20.4 Å². The van der Waals surface area contributed by atoms with Crippen molar-refractivity contribution >= 4 is 7.60 Å². The molecule has 0 aliphatic heterocycles. The van der Waals surface area contributed by atoms with Gasteiger partial charge in [0.2, 0.25) is 0 Å². The molecule has 2 aliphatic carbocycles. The molecule has 0 amide bonds. The molecule has 3 nitrogen and oxygen atoms in total. The van der Waals surface area contributed by atoms with Gasteiger partial charge < -0.3 is 9.42 Å². The first-order valence-corrected chi connectivity index (χ1v) is 9.09. The molecule has 3 unspecified atom stereocenters. The van der Waals surface area contributed by atoms with Crippen LogP contribution >= 0.6 is 7.60 Å². The fraction of sp³-hybridized carbons (Fsp3) is 0.867. The van der Waals surface area contributed by atoms with E-state index in [0.29, 0.717) is 12.0 Å². The predicted octanol–water partition coefficient (Wildman–Crippen LogP) is 4.57. The summed E-state index contributed by atoms with van der Waals surface area (Å²) in [5.41, 5.74) is 0.348. The summed E-state index contributed by atoms with van der Waals surface area (Å²) in [6, 6.07) is 0. The zero-order valence-electron chi connectivity index (χ0n) is 12.2. The molecule has 2 bridgehead atoms. The number of fused-ring (bicyclic) bond motifs is 2. The lowest BCUT2D eigenvalue weighted by Gasteiger charge is -2.50. The maximum Gasteiger partial charge on any atom is 0.351 e. The molecule has 3 atom stereocenters. The molecule has 0 aromatic carbocycles. The highest BCUT2D eigenvalue weighted by Crippen LogP contribution is 2.55. The summed E-state index contributed by atoms with van der Waals surface area (Å²) in [7, 11) is -3.55. The van der Waals surface area contributed by atoms with E-state index in [2.05, 4.69) is 20.4 Å². The third-order valence-electron chi connectivity index (χ3n) is 4.90. The van der Waals surface area contributed by atoms with E-state index in [9.17, 15) is 9.46 Å². The van der Waals surface area contributed by atoms with Crippen molar-refractivity contribution < 1.29 is 14.0 Å². The summed E-state index contributed by atoms with van der Waals surface area (Å²) in [4.78, 5) is 9.39. The van der Waals surface area contributed by atoms with Gasteiger partial charge in [0, 0.05) is 5.82 Å². The van der Waals surface area contributed by atoms with E-state index in [1.807, 2.05) is 0 Å². The maximum atomic E-state index is 11.4. The Morgan fingerprint density at radius 1 is 1.32 bits per heavy atom. The number of hydrogen-bond acceptors (Lipinski definition) is 2. The van der Waals surface area contributed by atoms with Crippen LogP contribution in [0.5, 0.6) is 0 Å². The zero-order valence-corrected chi connectivity index (χ0v) is 13.1. The van der Waals surface area contributed by atoms with E-state index in [4.69, 9.17) is 4.52 Å². The average Bonchev–Trinajstić information content (AvgIpc) is 2.26. The van der Waals surface area contributed by atoms with Crippen LogP contribution in [0.4, 0.5) is 0 Å². The molecule has 0 aromatic rings. The molecular weight excluding hydrogens is 259 g/mol. The SMILES string of the molecule is C=CP(=O)(O)OCCC12CC(C)CC(CC(C)C1)C2. The van der Waals surface area contributed by atoms with Crippen LogP contribution in [0.1, 0.15) is 52.4 Å². The predicted molar refractivity (Wildman–Crippen MR) is 77.9 cm³/mol. The number of rotatable bonds is 5. The monoisotopic (exact) mass is 286 g/mol. The molecule has 19 heavy (non-hydrogen) atoms. The van der Waals surface area contributed by atoms with Crippen molar-refractivity contribution in [3.63, 3.8) is 0 Å². The van der Waals surface area contributed by atoms with Gasteiger partial charge in [-0.25, -0.2) is 0 Å². The van der Waals surface area contributed by atoms with Gasteiger partial charge in [-0.15, -0.1) is 0 Å². The lowest BCUT2D eigenvalue weighted by molar-refractivity contribution is 0.00180. The van der Waals surface area contributed by atoms with Gasteiger partial charge in [-0.3, -0.25) is 4.57 Å². The fourth-order valence-electron chi connectivity index (χ4n) is 4.66. The van der Waals surface area contributed by atoms with Crippen LogP contribution in [-0.4, -0.2) is 11.5 Å². The van der Waals surface area contributed by atoms with E-state index in [-0.39, 0.29) is 0 Å². The van der Waals surface area contributed by atoms with Crippen LogP contribution in [0.25, 0.3) is 0 Å². The van der Waals surface area contributed by atoms with Crippen molar-refractivity contribution in [1.82, 2.24) is 0 Å². The minimum Gasteiger partial charge on any atom is -0.321 e. The Kier molecular flexibility index (Phi) is 4.59. The van der Waals surface area contributed by atoms with Crippen LogP contribution in [0.3, 0.4) is 0 Å². The molecule has 2 fully saturated rings. The van der Waals surface area contributed by atoms with Gasteiger partial charge >= 0.3 is 7.60 Å². The highest BCUT2D eigenvalue weighted by Gasteiger charge is 2.43. The topological polar surface area (TPSA) is 46.5 Å². The van der Waals surface area contributed by atoms with E-state index in [1.165, 1.54) is 32.1 Å². The van der Waals surface area contributed by atoms with Crippen molar-refractivity contribution in [2.24, 2.45) is 23.2 Å². The molecule has 110 valence electrons. The van der Waals surface area contributed by atoms with Crippen LogP contribution < -0.4 is 0 Å². The van der Waals surface area contributed by atoms with Gasteiger partial charge in [0.1, 0.15) is 0 Å². The standard InChI is InChI=1S/C15H27O3P/c1-4-19(16,17)18-6-5-15-9-12(2)7-14(11-15)8-13(3)10-15/h4,12-14H,1,5-11H2,2-3H3,(H,16,17). The molecule has 0 radical (unpaired) electrons. The van der Waals surface area contributed by atoms with E-state index in [0.717, 1.165) is 30.0 Å². The summed E-state index contributed by atoms with van der Waals surface area (Å²) in [6.45, 7) is 8.42. The largest absolute Gasteiger partial charge is 0.351 e.